The maximum atomic E-state index is 13.9. The van der Waals surface area contributed by atoms with Gasteiger partial charge in [0.15, 0.2) is 0 Å². The standard InChI is InChI=1S/C26H28N2O3S/c1-19(2)26(29)27-20(3)18-25(23-16-10-11-17-24(23)27)28(21-12-6-4-7-13-21)32(30,31)22-14-8-5-9-15-22/h4-17,19-20,25H,18H2,1-3H3/t20-,25+/m1/s1. The van der Waals surface area contributed by atoms with Crippen LogP contribution in [0.1, 0.15) is 38.8 Å². The second kappa shape index (κ2) is 8.79. The first-order valence-electron chi connectivity index (χ1n) is 10.9. The Balaban J connectivity index is 1.90. The van der Waals surface area contributed by atoms with E-state index in [0.29, 0.717) is 12.1 Å². The molecule has 0 saturated heterocycles. The lowest BCUT2D eigenvalue weighted by atomic mass is 9.90. The number of amides is 1. The SMILES string of the molecule is CC(C)C(=O)N1c2ccccc2[C@@H](N(c2ccccc2)S(=O)(=O)c2ccccc2)C[C@H]1C. The molecule has 0 N–H and O–H groups in total. The van der Waals surface area contributed by atoms with Gasteiger partial charge >= 0.3 is 0 Å². The molecule has 3 aromatic carbocycles. The number of rotatable bonds is 5. The van der Waals surface area contributed by atoms with Crippen LogP contribution < -0.4 is 9.21 Å². The molecule has 0 aromatic heterocycles. The molecule has 166 valence electrons. The molecule has 0 spiro atoms. The van der Waals surface area contributed by atoms with Gasteiger partial charge in [-0.25, -0.2) is 8.42 Å². The van der Waals surface area contributed by atoms with E-state index in [-0.39, 0.29) is 22.8 Å². The van der Waals surface area contributed by atoms with Crippen molar-refractivity contribution in [1.82, 2.24) is 0 Å². The molecule has 0 fully saturated rings. The Labute approximate surface area is 190 Å². The fourth-order valence-electron chi connectivity index (χ4n) is 4.38. The van der Waals surface area contributed by atoms with Gasteiger partial charge in [0.2, 0.25) is 5.91 Å². The molecule has 4 rings (SSSR count). The summed E-state index contributed by atoms with van der Waals surface area (Å²) in [6.45, 7) is 5.77. The fraction of sp³-hybridized carbons (Fsp3) is 0.269. The van der Waals surface area contributed by atoms with Crippen molar-refractivity contribution >= 4 is 27.3 Å². The normalized spacial score (nSPS) is 18.3. The lowest BCUT2D eigenvalue weighted by molar-refractivity contribution is -0.122. The molecule has 1 aliphatic heterocycles. The molecule has 1 amide bonds. The minimum atomic E-state index is -3.84. The Morgan fingerprint density at radius 2 is 1.47 bits per heavy atom. The van der Waals surface area contributed by atoms with Gasteiger partial charge in [-0.1, -0.05) is 68.4 Å². The summed E-state index contributed by atoms with van der Waals surface area (Å²) in [5.41, 5.74) is 2.22. The van der Waals surface area contributed by atoms with E-state index in [2.05, 4.69) is 0 Å². The van der Waals surface area contributed by atoms with Gasteiger partial charge in [0.1, 0.15) is 0 Å². The molecule has 5 nitrogen and oxygen atoms in total. The molecule has 3 aromatic rings. The molecule has 0 unspecified atom stereocenters. The molecule has 6 heteroatoms. The topological polar surface area (TPSA) is 57.7 Å². The minimum absolute atomic E-state index is 0.0422. The fourth-order valence-corrected chi connectivity index (χ4v) is 6.05. The van der Waals surface area contributed by atoms with Gasteiger partial charge in [0.25, 0.3) is 10.0 Å². The maximum absolute atomic E-state index is 13.9. The van der Waals surface area contributed by atoms with Crippen molar-refractivity contribution < 1.29 is 13.2 Å². The zero-order valence-corrected chi connectivity index (χ0v) is 19.4. The van der Waals surface area contributed by atoms with Crippen LogP contribution in [0.5, 0.6) is 0 Å². The monoisotopic (exact) mass is 448 g/mol. The number of nitrogens with zero attached hydrogens (tertiary/aromatic N) is 2. The first-order valence-corrected chi connectivity index (χ1v) is 12.3. The zero-order valence-electron chi connectivity index (χ0n) is 18.5. The number of sulfonamides is 1. The minimum Gasteiger partial charge on any atom is -0.309 e. The molecule has 1 heterocycles. The van der Waals surface area contributed by atoms with E-state index in [1.165, 1.54) is 4.31 Å². The highest BCUT2D eigenvalue weighted by molar-refractivity contribution is 7.92. The second-order valence-corrected chi connectivity index (χ2v) is 10.3. The van der Waals surface area contributed by atoms with Crippen molar-refractivity contribution in [2.75, 3.05) is 9.21 Å². The predicted octanol–water partition coefficient (Wildman–Crippen LogP) is 5.40. The third kappa shape index (κ3) is 3.91. The van der Waals surface area contributed by atoms with Gasteiger partial charge in [-0.05, 0) is 49.2 Å². The van der Waals surface area contributed by atoms with Gasteiger partial charge in [-0.15, -0.1) is 0 Å². The summed E-state index contributed by atoms with van der Waals surface area (Å²) >= 11 is 0. The van der Waals surface area contributed by atoms with Crippen molar-refractivity contribution in [2.24, 2.45) is 5.92 Å². The number of para-hydroxylation sites is 2. The van der Waals surface area contributed by atoms with Gasteiger partial charge in [-0.3, -0.25) is 9.10 Å². The van der Waals surface area contributed by atoms with Crippen LogP contribution >= 0.6 is 0 Å². The molecule has 1 aliphatic rings. The molecule has 0 aliphatic carbocycles. The van der Waals surface area contributed by atoms with E-state index in [1.807, 2.05) is 80.3 Å². The average molecular weight is 449 g/mol. The van der Waals surface area contributed by atoms with E-state index in [9.17, 15) is 13.2 Å². The lowest BCUT2D eigenvalue weighted by Crippen LogP contribution is -2.49. The largest absolute Gasteiger partial charge is 0.309 e. The molecule has 2 atom stereocenters. The zero-order chi connectivity index (χ0) is 22.9. The summed E-state index contributed by atoms with van der Waals surface area (Å²) in [6, 6.07) is 24.8. The van der Waals surface area contributed by atoms with Gasteiger partial charge in [0, 0.05) is 17.6 Å². The van der Waals surface area contributed by atoms with E-state index in [4.69, 9.17) is 0 Å². The maximum Gasteiger partial charge on any atom is 0.264 e. The Bertz CT molecular complexity index is 1190. The summed E-state index contributed by atoms with van der Waals surface area (Å²) in [5.74, 6) is -0.110. The third-order valence-corrected chi connectivity index (χ3v) is 7.74. The summed E-state index contributed by atoms with van der Waals surface area (Å²) < 4.78 is 29.4. The Kier molecular flexibility index (Phi) is 6.07. The molecular weight excluding hydrogens is 420 g/mol. The highest BCUT2D eigenvalue weighted by atomic mass is 32.2. The molecular formula is C26H28N2O3S. The lowest BCUT2D eigenvalue weighted by Gasteiger charge is -2.44. The quantitative estimate of drug-likeness (QED) is 0.525. The number of benzene rings is 3. The highest BCUT2D eigenvalue weighted by Crippen LogP contribution is 2.44. The van der Waals surface area contributed by atoms with Crippen molar-refractivity contribution in [2.45, 2.75) is 44.2 Å². The highest BCUT2D eigenvalue weighted by Gasteiger charge is 2.41. The summed E-state index contributed by atoms with van der Waals surface area (Å²) in [4.78, 5) is 15.1. The van der Waals surface area contributed by atoms with Crippen molar-refractivity contribution in [1.29, 1.82) is 0 Å². The Morgan fingerprint density at radius 3 is 2.09 bits per heavy atom. The van der Waals surface area contributed by atoms with Crippen LogP contribution in [0.15, 0.2) is 89.8 Å². The van der Waals surface area contributed by atoms with E-state index < -0.39 is 16.1 Å². The molecule has 32 heavy (non-hydrogen) atoms. The number of anilines is 2. The Hall–Kier alpha value is -3.12. The van der Waals surface area contributed by atoms with Crippen molar-refractivity contribution in [3.05, 3.63) is 90.5 Å². The summed E-state index contributed by atoms with van der Waals surface area (Å²) in [6.07, 6.45) is 0.496. The van der Waals surface area contributed by atoms with Crippen LogP contribution in [0.3, 0.4) is 0 Å². The van der Waals surface area contributed by atoms with Crippen molar-refractivity contribution in [3.63, 3.8) is 0 Å². The molecule has 0 radical (unpaired) electrons. The number of carbonyl (C=O) groups excluding carboxylic acids is 1. The van der Waals surface area contributed by atoms with Crippen LogP contribution in [0.2, 0.25) is 0 Å². The molecule has 0 saturated carbocycles. The van der Waals surface area contributed by atoms with Crippen LogP contribution in [-0.4, -0.2) is 20.4 Å². The van der Waals surface area contributed by atoms with Gasteiger partial charge < -0.3 is 4.90 Å². The predicted molar refractivity (Wildman–Crippen MR) is 128 cm³/mol. The van der Waals surface area contributed by atoms with Gasteiger partial charge in [-0.2, -0.15) is 0 Å². The van der Waals surface area contributed by atoms with Crippen LogP contribution in [0.4, 0.5) is 11.4 Å². The Morgan fingerprint density at radius 1 is 0.906 bits per heavy atom. The average Bonchev–Trinajstić information content (AvgIpc) is 2.80. The first kappa shape index (κ1) is 22.1. The smallest absolute Gasteiger partial charge is 0.264 e. The number of hydrogen-bond donors (Lipinski definition) is 0. The van der Waals surface area contributed by atoms with Crippen LogP contribution in [-0.2, 0) is 14.8 Å². The van der Waals surface area contributed by atoms with Crippen molar-refractivity contribution in [3.8, 4) is 0 Å². The third-order valence-electron chi connectivity index (χ3n) is 5.89. The second-order valence-electron chi connectivity index (χ2n) is 8.47. The number of hydrogen-bond acceptors (Lipinski definition) is 3. The number of carbonyl (C=O) groups is 1. The van der Waals surface area contributed by atoms with E-state index in [1.54, 1.807) is 30.3 Å². The molecule has 0 bridgehead atoms. The first-order chi connectivity index (χ1) is 15.3. The van der Waals surface area contributed by atoms with E-state index >= 15 is 0 Å². The van der Waals surface area contributed by atoms with Crippen LogP contribution in [0, 0.1) is 5.92 Å². The van der Waals surface area contributed by atoms with Crippen LogP contribution in [0.25, 0.3) is 0 Å². The number of fused-ring (bicyclic) bond motifs is 1. The summed E-state index contributed by atoms with van der Waals surface area (Å²) in [5, 5.41) is 0. The summed E-state index contributed by atoms with van der Waals surface area (Å²) in [7, 11) is -3.84. The van der Waals surface area contributed by atoms with Gasteiger partial charge in [0.05, 0.1) is 16.6 Å². The van der Waals surface area contributed by atoms with E-state index in [0.717, 1.165) is 11.3 Å².